The van der Waals surface area contributed by atoms with Gasteiger partial charge in [0.2, 0.25) is 5.91 Å². The average molecular weight is 238 g/mol. The van der Waals surface area contributed by atoms with Crippen LogP contribution >= 0.6 is 0 Å². The van der Waals surface area contributed by atoms with Gasteiger partial charge in [-0.3, -0.25) is 9.48 Å². The molecule has 1 aliphatic rings. The number of aliphatic hydroxyl groups is 1. The van der Waals surface area contributed by atoms with Crippen molar-refractivity contribution in [2.45, 2.75) is 24.9 Å². The van der Waals surface area contributed by atoms with Gasteiger partial charge in [0.25, 0.3) is 0 Å². The molecule has 2 rings (SSSR count). The summed E-state index contributed by atoms with van der Waals surface area (Å²) < 4.78 is 1.62. The van der Waals surface area contributed by atoms with E-state index in [9.17, 15) is 9.90 Å². The summed E-state index contributed by atoms with van der Waals surface area (Å²) in [6.07, 6.45) is 5.12. The Hall–Kier alpha value is -1.40. The largest absolute Gasteiger partial charge is 0.394 e. The minimum atomic E-state index is -0.684. The van der Waals surface area contributed by atoms with Crippen molar-refractivity contribution in [3.8, 4) is 0 Å². The monoisotopic (exact) mass is 238 g/mol. The van der Waals surface area contributed by atoms with Crippen LogP contribution < -0.4 is 5.73 Å². The molecule has 1 fully saturated rings. The van der Waals surface area contributed by atoms with Crippen LogP contribution in [-0.2, 0) is 11.8 Å². The fourth-order valence-electron chi connectivity index (χ4n) is 2.24. The lowest BCUT2D eigenvalue weighted by molar-refractivity contribution is -0.134. The van der Waals surface area contributed by atoms with Gasteiger partial charge in [-0.2, -0.15) is 5.10 Å². The van der Waals surface area contributed by atoms with E-state index in [0.29, 0.717) is 12.1 Å². The van der Waals surface area contributed by atoms with Crippen LogP contribution in [0.15, 0.2) is 12.4 Å². The first kappa shape index (κ1) is 12.1. The molecule has 0 bridgehead atoms. The highest BCUT2D eigenvalue weighted by Crippen LogP contribution is 2.21. The Labute approximate surface area is 100 Å². The van der Waals surface area contributed by atoms with Gasteiger partial charge < -0.3 is 15.7 Å². The first-order valence-corrected chi connectivity index (χ1v) is 5.79. The number of aliphatic hydroxyl groups excluding tert-OH is 1. The molecular weight excluding hydrogens is 220 g/mol. The average Bonchev–Trinajstić information content (AvgIpc) is 2.95. The number of aryl methyl sites for hydroxylation is 1. The Bertz CT molecular complexity index is 404. The summed E-state index contributed by atoms with van der Waals surface area (Å²) in [4.78, 5) is 13.9. The second-order valence-electron chi connectivity index (χ2n) is 4.44. The number of carbonyl (C=O) groups is 1. The Morgan fingerprint density at radius 1 is 1.76 bits per heavy atom. The Balaban J connectivity index is 2.09. The maximum absolute atomic E-state index is 12.2. The molecule has 1 amide bonds. The Morgan fingerprint density at radius 3 is 3.12 bits per heavy atom. The van der Waals surface area contributed by atoms with Crippen LogP contribution in [0.4, 0.5) is 0 Å². The van der Waals surface area contributed by atoms with Crippen LogP contribution in [0.1, 0.15) is 24.4 Å². The van der Waals surface area contributed by atoms with Gasteiger partial charge in [0.05, 0.1) is 18.8 Å². The van der Waals surface area contributed by atoms with E-state index in [1.54, 1.807) is 29.0 Å². The highest BCUT2D eigenvalue weighted by Gasteiger charge is 2.32. The molecule has 0 aromatic carbocycles. The summed E-state index contributed by atoms with van der Waals surface area (Å²) in [6, 6.07) is -0.763. The van der Waals surface area contributed by atoms with E-state index in [-0.39, 0.29) is 18.6 Å². The van der Waals surface area contributed by atoms with Gasteiger partial charge in [-0.1, -0.05) is 0 Å². The van der Waals surface area contributed by atoms with Crippen molar-refractivity contribution in [1.82, 2.24) is 14.7 Å². The van der Waals surface area contributed by atoms with Crippen molar-refractivity contribution in [1.29, 1.82) is 0 Å². The number of likely N-dealkylation sites (tertiary alicyclic amines) is 1. The van der Waals surface area contributed by atoms with E-state index in [2.05, 4.69) is 5.10 Å². The molecule has 0 spiro atoms. The van der Waals surface area contributed by atoms with Crippen molar-refractivity contribution in [3.05, 3.63) is 18.0 Å². The molecule has 1 aromatic rings. The molecule has 6 heteroatoms. The van der Waals surface area contributed by atoms with Crippen LogP contribution in [0.5, 0.6) is 0 Å². The molecule has 17 heavy (non-hydrogen) atoms. The third-order valence-electron chi connectivity index (χ3n) is 3.22. The number of rotatable bonds is 3. The third-order valence-corrected chi connectivity index (χ3v) is 3.22. The quantitative estimate of drug-likeness (QED) is 0.736. The van der Waals surface area contributed by atoms with Crippen molar-refractivity contribution in [2.24, 2.45) is 12.8 Å². The van der Waals surface area contributed by atoms with Crippen molar-refractivity contribution >= 4 is 5.91 Å². The molecule has 0 saturated carbocycles. The van der Waals surface area contributed by atoms with E-state index >= 15 is 0 Å². The maximum Gasteiger partial charge on any atom is 0.244 e. The standard InChI is InChI=1S/C11H18N4O2/c1-14-6-8(5-13-14)10(12)11(17)15-4-2-3-9(15)7-16/h5-6,9-10,16H,2-4,7,12H2,1H3/t9-,10?/m1/s1. The third kappa shape index (κ3) is 2.32. The molecule has 1 unspecified atom stereocenters. The first-order chi connectivity index (χ1) is 8.13. The topological polar surface area (TPSA) is 84.4 Å². The number of nitrogens with zero attached hydrogens (tertiary/aromatic N) is 3. The van der Waals surface area contributed by atoms with E-state index in [0.717, 1.165) is 12.8 Å². The van der Waals surface area contributed by atoms with Gasteiger partial charge in [-0.25, -0.2) is 0 Å². The molecule has 3 N–H and O–H groups in total. The second kappa shape index (κ2) is 4.85. The fourth-order valence-corrected chi connectivity index (χ4v) is 2.24. The van der Waals surface area contributed by atoms with E-state index in [4.69, 9.17) is 5.73 Å². The Morgan fingerprint density at radius 2 is 2.53 bits per heavy atom. The molecule has 2 atom stereocenters. The molecule has 1 aromatic heterocycles. The Kier molecular flexibility index (Phi) is 3.44. The maximum atomic E-state index is 12.2. The molecular formula is C11H18N4O2. The first-order valence-electron chi connectivity index (χ1n) is 5.79. The number of hydrogen-bond acceptors (Lipinski definition) is 4. The summed E-state index contributed by atoms with van der Waals surface area (Å²) in [5, 5.41) is 13.2. The minimum Gasteiger partial charge on any atom is -0.394 e. The zero-order chi connectivity index (χ0) is 12.4. The predicted molar refractivity (Wildman–Crippen MR) is 62.0 cm³/mol. The summed E-state index contributed by atoms with van der Waals surface area (Å²) in [5.74, 6) is -0.130. The normalized spacial score (nSPS) is 21.8. The van der Waals surface area contributed by atoms with E-state index in [1.165, 1.54) is 0 Å². The highest BCUT2D eigenvalue weighted by atomic mass is 16.3. The van der Waals surface area contributed by atoms with Crippen molar-refractivity contribution < 1.29 is 9.90 Å². The van der Waals surface area contributed by atoms with Gasteiger partial charge >= 0.3 is 0 Å². The van der Waals surface area contributed by atoms with Gasteiger partial charge in [-0.05, 0) is 12.8 Å². The molecule has 0 aliphatic carbocycles. The SMILES string of the molecule is Cn1cc(C(N)C(=O)N2CCC[C@@H]2CO)cn1. The fraction of sp³-hybridized carbons (Fsp3) is 0.636. The predicted octanol–water partition coefficient (Wildman–Crippen LogP) is -0.597. The molecule has 1 aliphatic heterocycles. The minimum absolute atomic E-state index is 0.00546. The molecule has 1 saturated heterocycles. The van der Waals surface area contributed by atoms with Crippen LogP contribution in [-0.4, -0.2) is 44.9 Å². The number of aromatic nitrogens is 2. The van der Waals surface area contributed by atoms with Crippen molar-refractivity contribution in [3.63, 3.8) is 0 Å². The van der Waals surface area contributed by atoms with Crippen LogP contribution in [0.25, 0.3) is 0 Å². The summed E-state index contributed by atoms with van der Waals surface area (Å²) in [7, 11) is 1.78. The lowest BCUT2D eigenvalue weighted by Gasteiger charge is -2.25. The number of hydrogen-bond donors (Lipinski definition) is 2. The number of carbonyl (C=O) groups excluding carboxylic acids is 1. The number of nitrogens with two attached hydrogens (primary N) is 1. The summed E-state index contributed by atoms with van der Waals surface area (Å²) >= 11 is 0. The highest BCUT2D eigenvalue weighted by molar-refractivity contribution is 5.83. The van der Waals surface area contributed by atoms with Gasteiger partial charge in [0.1, 0.15) is 6.04 Å². The van der Waals surface area contributed by atoms with E-state index < -0.39 is 6.04 Å². The van der Waals surface area contributed by atoms with Gasteiger partial charge in [0, 0.05) is 25.4 Å². The molecule has 94 valence electrons. The lowest BCUT2D eigenvalue weighted by Crippen LogP contribution is -2.42. The van der Waals surface area contributed by atoms with Crippen LogP contribution in [0.2, 0.25) is 0 Å². The summed E-state index contributed by atoms with van der Waals surface area (Å²) in [5.41, 5.74) is 6.63. The smallest absolute Gasteiger partial charge is 0.244 e. The van der Waals surface area contributed by atoms with Crippen LogP contribution in [0, 0.1) is 0 Å². The van der Waals surface area contributed by atoms with Gasteiger partial charge in [0.15, 0.2) is 0 Å². The van der Waals surface area contributed by atoms with E-state index in [1.807, 2.05) is 0 Å². The zero-order valence-electron chi connectivity index (χ0n) is 9.91. The van der Waals surface area contributed by atoms with Gasteiger partial charge in [-0.15, -0.1) is 0 Å². The zero-order valence-corrected chi connectivity index (χ0v) is 9.91. The molecule has 0 radical (unpaired) electrons. The lowest BCUT2D eigenvalue weighted by atomic mass is 10.1. The molecule has 2 heterocycles. The number of amides is 1. The van der Waals surface area contributed by atoms with Crippen LogP contribution in [0.3, 0.4) is 0 Å². The second-order valence-corrected chi connectivity index (χ2v) is 4.44. The van der Waals surface area contributed by atoms with Crippen molar-refractivity contribution in [2.75, 3.05) is 13.2 Å². The summed E-state index contributed by atoms with van der Waals surface area (Å²) in [6.45, 7) is 0.684. The molecule has 6 nitrogen and oxygen atoms in total.